The van der Waals surface area contributed by atoms with E-state index < -0.39 is 0 Å². The molecule has 27 heavy (non-hydrogen) atoms. The number of hydrogen-bond donors (Lipinski definition) is 1. The minimum atomic E-state index is -0.141. The average Bonchev–Trinajstić information content (AvgIpc) is 3.33. The van der Waals surface area contributed by atoms with Crippen LogP contribution >= 0.6 is 0 Å². The molecule has 7 heteroatoms. The monoisotopic (exact) mass is 378 g/mol. The van der Waals surface area contributed by atoms with Crippen molar-refractivity contribution in [2.24, 2.45) is 16.8 Å². The van der Waals surface area contributed by atoms with Crippen LogP contribution in [-0.2, 0) is 9.53 Å². The Hall–Kier alpha value is -2.02. The maximum Gasteiger partial charge on any atom is 0.310 e. The summed E-state index contributed by atoms with van der Waals surface area (Å²) in [6, 6.07) is 4.03. The first-order chi connectivity index (χ1) is 13.0. The highest BCUT2D eigenvalue weighted by molar-refractivity contribution is 5.82. The van der Waals surface area contributed by atoms with Gasteiger partial charge in [-0.15, -0.1) is 0 Å². The first-order valence-electron chi connectivity index (χ1n) is 9.94. The van der Waals surface area contributed by atoms with Crippen LogP contribution in [0.4, 0.5) is 0 Å². The number of nitrogens with one attached hydrogen (secondary N) is 1. The van der Waals surface area contributed by atoms with Crippen molar-refractivity contribution in [2.75, 3.05) is 46.4 Å². The molecule has 1 N–H and O–H groups in total. The number of carbonyl (C=O) groups is 1. The molecule has 2 rings (SSSR count). The molecule has 0 bridgehead atoms. The van der Waals surface area contributed by atoms with Crippen LogP contribution in [0.5, 0.6) is 0 Å². The Bertz CT molecular complexity index is 598. The molecular weight excluding hydrogens is 344 g/mol. The van der Waals surface area contributed by atoms with Crippen LogP contribution in [0.3, 0.4) is 0 Å². The molecule has 7 nitrogen and oxygen atoms in total. The number of esters is 1. The van der Waals surface area contributed by atoms with E-state index in [4.69, 9.17) is 14.1 Å². The smallest absolute Gasteiger partial charge is 0.310 e. The molecule has 0 aliphatic carbocycles. The van der Waals surface area contributed by atoms with E-state index in [1.165, 1.54) is 7.11 Å². The highest BCUT2D eigenvalue weighted by atomic mass is 16.5. The van der Waals surface area contributed by atoms with E-state index in [0.717, 1.165) is 37.9 Å². The molecule has 1 saturated heterocycles. The van der Waals surface area contributed by atoms with Gasteiger partial charge in [-0.3, -0.25) is 14.7 Å². The van der Waals surface area contributed by atoms with Crippen LogP contribution in [0.2, 0.25) is 0 Å². The summed E-state index contributed by atoms with van der Waals surface area (Å²) in [7, 11) is 1.45. The molecule has 1 aliphatic heterocycles. The van der Waals surface area contributed by atoms with Gasteiger partial charge in [-0.25, -0.2) is 0 Å². The zero-order valence-electron chi connectivity index (χ0n) is 17.3. The molecule has 0 amide bonds. The molecule has 152 valence electrons. The fourth-order valence-corrected chi connectivity index (χ4v) is 3.73. The van der Waals surface area contributed by atoms with Gasteiger partial charge in [0, 0.05) is 19.6 Å². The highest BCUT2D eigenvalue weighted by Gasteiger charge is 2.37. The SMILES string of the molecule is CCNC(=NCC(c1ccco1)N(CC)CC)N1CC(C)C(C(=O)OC)C1. The van der Waals surface area contributed by atoms with E-state index >= 15 is 0 Å². The third-order valence-electron chi connectivity index (χ3n) is 5.29. The van der Waals surface area contributed by atoms with Gasteiger partial charge in [0.05, 0.1) is 31.9 Å². The second-order valence-electron chi connectivity index (χ2n) is 6.96. The summed E-state index contributed by atoms with van der Waals surface area (Å²) in [6.07, 6.45) is 1.71. The fraction of sp³-hybridized carbons (Fsp3) is 0.700. The molecule has 1 aliphatic rings. The van der Waals surface area contributed by atoms with E-state index in [1.807, 2.05) is 12.1 Å². The standard InChI is InChI=1S/C20H34N4O3/c1-6-21-20(24-13-15(4)16(14-24)19(25)26-5)22-12-17(23(7-2)8-3)18-10-9-11-27-18/h9-11,15-17H,6-8,12-14H2,1-5H3,(H,21,22). The molecule has 1 aromatic heterocycles. The molecule has 3 unspecified atom stereocenters. The lowest BCUT2D eigenvalue weighted by Gasteiger charge is -2.28. The topological polar surface area (TPSA) is 70.3 Å². The lowest BCUT2D eigenvalue weighted by molar-refractivity contribution is -0.145. The van der Waals surface area contributed by atoms with Crippen molar-refractivity contribution < 1.29 is 13.9 Å². The van der Waals surface area contributed by atoms with Crippen molar-refractivity contribution in [3.63, 3.8) is 0 Å². The number of likely N-dealkylation sites (N-methyl/N-ethyl adjacent to an activating group) is 1. The first kappa shape index (κ1) is 21.3. The molecule has 1 fully saturated rings. The second kappa shape index (κ2) is 10.3. The lowest BCUT2D eigenvalue weighted by Crippen LogP contribution is -2.41. The van der Waals surface area contributed by atoms with Gasteiger partial charge in [0.25, 0.3) is 0 Å². The maximum absolute atomic E-state index is 12.0. The van der Waals surface area contributed by atoms with Gasteiger partial charge < -0.3 is 19.4 Å². The molecule has 0 radical (unpaired) electrons. The number of aliphatic imine (C=N–C) groups is 1. The quantitative estimate of drug-likeness (QED) is 0.425. The van der Waals surface area contributed by atoms with Crippen LogP contribution in [-0.4, -0.2) is 68.1 Å². The maximum atomic E-state index is 12.0. The van der Waals surface area contributed by atoms with Gasteiger partial charge >= 0.3 is 5.97 Å². The van der Waals surface area contributed by atoms with E-state index in [0.29, 0.717) is 13.1 Å². The van der Waals surface area contributed by atoms with Gasteiger partial charge in [-0.2, -0.15) is 0 Å². The summed E-state index contributed by atoms with van der Waals surface area (Å²) < 4.78 is 10.6. The van der Waals surface area contributed by atoms with Gasteiger partial charge in [-0.05, 0) is 38.1 Å². The van der Waals surface area contributed by atoms with Crippen LogP contribution < -0.4 is 5.32 Å². The summed E-state index contributed by atoms with van der Waals surface area (Å²) in [5.74, 6) is 1.77. The molecular formula is C20H34N4O3. The highest BCUT2D eigenvalue weighted by Crippen LogP contribution is 2.25. The summed E-state index contributed by atoms with van der Waals surface area (Å²) in [4.78, 5) is 21.4. The predicted octanol–water partition coefficient (Wildman–Crippen LogP) is 2.37. The number of likely N-dealkylation sites (tertiary alicyclic amines) is 1. The molecule has 3 atom stereocenters. The van der Waals surface area contributed by atoms with Gasteiger partial charge in [0.15, 0.2) is 5.96 Å². The zero-order valence-corrected chi connectivity index (χ0v) is 17.3. The molecule has 0 saturated carbocycles. The van der Waals surface area contributed by atoms with Crippen molar-refractivity contribution in [2.45, 2.75) is 33.7 Å². The molecule has 2 heterocycles. The van der Waals surface area contributed by atoms with Crippen molar-refractivity contribution >= 4 is 11.9 Å². The number of carbonyl (C=O) groups excluding carboxylic acids is 1. The average molecular weight is 379 g/mol. The number of furan rings is 1. The number of guanidine groups is 1. The number of ether oxygens (including phenoxy) is 1. The van der Waals surface area contributed by atoms with Crippen molar-refractivity contribution in [1.82, 2.24) is 15.1 Å². The third kappa shape index (κ3) is 5.25. The Morgan fingerprint density at radius 2 is 2.15 bits per heavy atom. The fourth-order valence-electron chi connectivity index (χ4n) is 3.73. The molecule has 1 aromatic rings. The van der Waals surface area contributed by atoms with E-state index in [-0.39, 0.29) is 23.8 Å². The minimum absolute atomic E-state index is 0.0973. The Morgan fingerprint density at radius 1 is 1.41 bits per heavy atom. The number of rotatable bonds is 8. The Kier molecular flexibility index (Phi) is 8.16. The zero-order chi connectivity index (χ0) is 19.8. The van der Waals surface area contributed by atoms with Crippen LogP contribution in [0.25, 0.3) is 0 Å². The molecule has 0 spiro atoms. The number of nitrogens with zero attached hydrogens (tertiary/aromatic N) is 3. The van der Waals surface area contributed by atoms with Crippen LogP contribution in [0.15, 0.2) is 27.8 Å². The normalized spacial score (nSPS) is 21.6. The second-order valence-corrected chi connectivity index (χ2v) is 6.96. The molecule has 0 aromatic carbocycles. The van der Waals surface area contributed by atoms with Crippen molar-refractivity contribution in [1.29, 1.82) is 0 Å². The van der Waals surface area contributed by atoms with Crippen molar-refractivity contribution in [3.8, 4) is 0 Å². The van der Waals surface area contributed by atoms with Crippen LogP contribution in [0, 0.1) is 11.8 Å². The van der Waals surface area contributed by atoms with E-state index in [1.54, 1.807) is 6.26 Å². The Morgan fingerprint density at radius 3 is 2.70 bits per heavy atom. The summed E-state index contributed by atoms with van der Waals surface area (Å²) in [5, 5.41) is 3.37. The summed E-state index contributed by atoms with van der Waals surface area (Å²) >= 11 is 0. The first-order valence-corrected chi connectivity index (χ1v) is 9.94. The third-order valence-corrected chi connectivity index (χ3v) is 5.29. The van der Waals surface area contributed by atoms with E-state index in [9.17, 15) is 4.79 Å². The lowest BCUT2D eigenvalue weighted by atomic mass is 9.99. The van der Waals surface area contributed by atoms with Gasteiger partial charge in [-0.1, -0.05) is 20.8 Å². The Balaban J connectivity index is 2.17. The Labute approximate surface area is 162 Å². The number of hydrogen-bond acceptors (Lipinski definition) is 5. The number of methoxy groups -OCH3 is 1. The minimum Gasteiger partial charge on any atom is -0.469 e. The largest absolute Gasteiger partial charge is 0.469 e. The van der Waals surface area contributed by atoms with Crippen LogP contribution in [0.1, 0.15) is 39.5 Å². The van der Waals surface area contributed by atoms with E-state index in [2.05, 4.69) is 42.8 Å². The van der Waals surface area contributed by atoms with Gasteiger partial charge in [0.2, 0.25) is 0 Å². The van der Waals surface area contributed by atoms with Gasteiger partial charge in [0.1, 0.15) is 5.76 Å². The summed E-state index contributed by atoms with van der Waals surface area (Å²) in [5.41, 5.74) is 0. The summed E-state index contributed by atoms with van der Waals surface area (Å²) in [6.45, 7) is 13.1. The predicted molar refractivity (Wildman–Crippen MR) is 107 cm³/mol. The van der Waals surface area contributed by atoms with Crippen molar-refractivity contribution in [3.05, 3.63) is 24.2 Å².